The summed E-state index contributed by atoms with van der Waals surface area (Å²) in [6.07, 6.45) is 0. The van der Waals surface area contributed by atoms with Gasteiger partial charge in [-0.2, -0.15) is 0 Å². The van der Waals surface area contributed by atoms with E-state index in [9.17, 15) is 8.42 Å². The van der Waals surface area contributed by atoms with Crippen molar-refractivity contribution in [3.63, 3.8) is 0 Å². The average molecular weight is 198 g/mol. The lowest BCUT2D eigenvalue weighted by molar-refractivity contribution is 0.525. The second-order valence-electron chi connectivity index (χ2n) is 4.73. The Hall–Kier alpha value is -0.120. The van der Waals surface area contributed by atoms with Crippen LogP contribution in [0.15, 0.2) is 0 Å². The molecule has 0 bridgehead atoms. The Kier molecular flexibility index (Phi) is 3.99. The molecule has 0 saturated heterocycles. The second kappa shape index (κ2) is 3.32. The van der Waals surface area contributed by atoms with E-state index in [0.29, 0.717) is 0 Å². The quantitative estimate of drug-likeness (QED) is 0.597. The van der Waals surface area contributed by atoms with Gasteiger partial charge in [0.1, 0.15) is 0 Å². The van der Waals surface area contributed by atoms with E-state index in [0.717, 1.165) is 0 Å². The minimum absolute atomic E-state index is 0. The summed E-state index contributed by atoms with van der Waals surface area (Å²) in [5.74, 6) is 0. The van der Waals surface area contributed by atoms with E-state index in [1.165, 1.54) is 0 Å². The van der Waals surface area contributed by atoms with E-state index in [2.05, 4.69) is 0 Å². The fourth-order valence-corrected chi connectivity index (χ4v) is 2.76. The second-order valence-corrected chi connectivity index (χ2v) is 8.18. The van der Waals surface area contributed by atoms with Gasteiger partial charge in [-0.25, -0.2) is 8.42 Å². The van der Waals surface area contributed by atoms with Crippen molar-refractivity contribution >= 4 is 9.84 Å². The van der Waals surface area contributed by atoms with Gasteiger partial charge < -0.3 is 0 Å². The molecule has 0 radical (unpaired) electrons. The Morgan fingerprint density at radius 3 is 0.917 bits per heavy atom. The van der Waals surface area contributed by atoms with Crippen LogP contribution < -0.4 is 0 Å². The largest absolute Gasteiger partial charge is 0.269 e. The van der Waals surface area contributed by atoms with Crippen molar-refractivity contribution in [3.8, 4) is 0 Å². The van der Waals surface area contributed by atoms with Crippen molar-refractivity contribution in [3.05, 3.63) is 0 Å². The SMILES string of the molecule is CC(C)(C)S(=O)(=O)C(C)(C)C.F. The highest BCUT2D eigenvalue weighted by molar-refractivity contribution is 7.94. The Balaban J connectivity index is 0. The van der Waals surface area contributed by atoms with Crippen molar-refractivity contribution in [2.45, 2.75) is 51.0 Å². The van der Waals surface area contributed by atoms with Crippen molar-refractivity contribution in [2.75, 3.05) is 0 Å². The molecule has 0 atom stereocenters. The van der Waals surface area contributed by atoms with E-state index in [1.54, 1.807) is 41.5 Å². The Bertz CT molecular complexity index is 209. The number of hydrogen-bond acceptors (Lipinski definition) is 2. The van der Waals surface area contributed by atoms with Crippen LogP contribution >= 0.6 is 0 Å². The van der Waals surface area contributed by atoms with E-state index in [-0.39, 0.29) is 4.70 Å². The topological polar surface area (TPSA) is 34.1 Å². The molecule has 0 aromatic rings. The molecule has 4 heteroatoms. The molecule has 0 aliphatic rings. The zero-order valence-electron chi connectivity index (χ0n) is 8.63. The van der Waals surface area contributed by atoms with E-state index < -0.39 is 19.3 Å². The zero-order chi connectivity index (χ0) is 9.50. The van der Waals surface area contributed by atoms with Gasteiger partial charge in [-0.05, 0) is 41.5 Å². The molecule has 0 unspecified atom stereocenters. The molecule has 0 heterocycles. The third kappa shape index (κ3) is 2.44. The molecule has 0 aliphatic heterocycles. The van der Waals surface area contributed by atoms with Crippen LogP contribution in [0, 0.1) is 0 Å². The van der Waals surface area contributed by atoms with Gasteiger partial charge in [-0.3, -0.25) is 4.70 Å². The molecule has 76 valence electrons. The number of halogens is 1. The first-order valence-corrected chi connectivity index (χ1v) is 5.22. The van der Waals surface area contributed by atoms with Gasteiger partial charge in [0.2, 0.25) is 0 Å². The molecule has 0 spiro atoms. The van der Waals surface area contributed by atoms with Gasteiger partial charge in [0.05, 0.1) is 9.49 Å². The predicted octanol–water partition coefficient (Wildman–Crippen LogP) is 2.15. The maximum atomic E-state index is 11.7. The third-order valence-corrected chi connectivity index (χ3v) is 4.84. The van der Waals surface area contributed by atoms with Crippen LogP contribution in [0.2, 0.25) is 0 Å². The molecule has 0 N–H and O–H groups in total. The minimum Gasteiger partial charge on any atom is -0.269 e. The minimum atomic E-state index is -3.01. The predicted molar refractivity (Wildman–Crippen MR) is 50.9 cm³/mol. The first kappa shape index (κ1) is 14.4. The molecule has 0 aromatic heterocycles. The van der Waals surface area contributed by atoms with Crippen LogP contribution in [0.1, 0.15) is 41.5 Å². The maximum absolute atomic E-state index is 11.7. The summed E-state index contributed by atoms with van der Waals surface area (Å²) in [7, 11) is -3.01. The van der Waals surface area contributed by atoms with Gasteiger partial charge in [0, 0.05) is 0 Å². The summed E-state index contributed by atoms with van der Waals surface area (Å²) in [6, 6.07) is 0. The third-order valence-electron chi connectivity index (χ3n) is 1.61. The highest BCUT2D eigenvalue weighted by Crippen LogP contribution is 2.27. The van der Waals surface area contributed by atoms with Crippen LogP contribution in [-0.2, 0) is 9.84 Å². The van der Waals surface area contributed by atoms with Crippen LogP contribution in [0.4, 0.5) is 4.70 Å². The lowest BCUT2D eigenvalue weighted by Crippen LogP contribution is -2.41. The molecule has 0 fully saturated rings. The smallest absolute Gasteiger partial charge is 0.160 e. The highest BCUT2D eigenvalue weighted by Gasteiger charge is 2.39. The van der Waals surface area contributed by atoms with Crippen LogP contribution in [0.25, 0.3) is 0 Å². The number of sulfone groups is 1. The van der Waals surface area contributed by atoms with Gasteiger partial charge in [-0.1, -0.05) is 0 Å². The van der Waals surface area contributed by atoms with Gasteiger partial charge >= 0.3 is 0 Å². The Morgan fingerprint density at radius 2 is 0.917 bits per heavy atom. The summed E-state index contributed by atoms with van der Waals surface area (Å²) in [6.45, 7) is 10.4. The standard InChI is InChI=1S/C8H18O2S.FH/c1-7(2,3)11(9,10)8(4,5)6;/h1-6H3;1H. The normalized spacial score (nSPS) is 13.8. The molecule has 2 nitrogen and oxygen atoms in total. The van der Waals surface area contributed by atoms with Crippen molar-refractivity contribution in [1.29, 1.82) is 0 Å². The molecule has 0 aliphatic carbocycles. The summed E-state index contributed by atoms with van der Waals surface area (Å²) < 4.78 is 22.1. The van der Waals surface area contributed by atoms with E-state index in [4.69, 9.17) is 0 Å². The van der Waals surface area contributed by atoms with Gasteiger partial charge in [-0.15, -0.1) is 0 Å². The van der Waals surface area contributed by atoms with Crippen molar-refractivity contribution in [2.24, 2.45) is 0 Å². The summed E-state index contributed by atoms with van der Waals surface area (Å²) in [5.41, 5.74) is 0. The molecule has 12 heavy (non-hydrogen) atoms. The average Bonchev–Trinajstić information content (AvgIpc) is 1.58. The lowest BCUT2D eigenvalue weighted by Gasteiger charge is -2.29. The highest BCUT2D eigenvalue weighted by atomic mass is 32.2. The molecule has 0 amide bonds. The molecular formula is C8H19FO2S. The van der Waals surface area contributed by atoms with E-state index >= 15 is 0 Å². The van der Waals surface area contributed by atoms with Gasteiger partial charge in [0.25, 0.3) is 0 Å². The van der Waals surface area contributed by atoms with Crippen LogP contribution in [0.5, 0.6) is 0 Å². The van der Waals surface area contributed by atoms with E-state index in [1.807, 2.05) is 0 Å². The fourth-order valence-electron chi connectivity index (χ4n) is 0.919. The van der Waals surface area contributed by atoms with Crippen LogP contribution in [-0.4, -0.2) is 17.9 Å². The number of hydrogen-bond donors (Lipinski definition) is 0. The molecule has 0 aromatic carbocycles. The summed E-state index contributed by atoms with van der Waals surface area (Å²) in [4.78, 5) is 0. The van der Waals surface area contributed by atoms with Crippen molar-refractivity contribution in [1.82, 2.24) is 0 Å². The first-order chi connectivity index (χ1) is 4.50. The van der Waals surface area contributed by atoms with Crippen molar-refractivity contribution < 1.29 is 13.1 Å². The first-order valence-electron chi connectivity index (χ1n) is 3.74. The molecule has 0 saturated carbocycles. The maximum Gasteiger partial charge on any atom is 0.160 e. The summed E-state index contributed by atoms with van der Waals surface area (Å²) in [5, 5.41) is 0. The lowest BCUT2D eigenvalue weighted by atomic mass is 10.2. The summed E-state index contributed by atoms with van der Waals surface area (Å²) >= 11 is 0. The fraction of sp³-hybridized carbons (Fsp3) is 1.00. The van der Waals surface area contributed by atoms with Gasteiger partial charge in [0.15, 0.2) is 9.84 Å². The van der Waals surface area contributed by atoms with Crippen LogP contribution in [0.3, 0.4) is 0 Å². The Labute approximate surface area is 74.6 Å². The Morgan fingerprint density at radius 1 is 0.750 bits per heavy atom. The monoisotopic (exact) mass is 198 g/mol. The number of rotatable bonds is 0. The zero-order valence-corrected chi connectivity index (χ0v) is 9.45. The molecule has 0 rings (SSSR count). The molecular weight excluding hydrogens is 179 g/mol.